The van der Waals surface area contributed by atoms with E-state index in [0.717, 1.165) is 0 Å². The van der Waals surface area contributed by atoms with Crippen LogP contribution in [0, 0.1) is 0 Å². The van der Waals surface area contributed by atoms with E-state index >= 15 is 0 Å². The smallest absolute Gasteiger partial charge is 0.171 e. The Morgan fingerprint density at radius 3 is 2.92 bits per heavy atom. The van der Waals surface area contributed by atoms with E-state index in [2.05, 4.69) is 4.98 Å². The fraction of sp³-hybridized carbons (Fsp3) is 0.375. The van der Waals surface area contributed by atoms with Crippen LogP contribution in [-0.4, -0.2) is 18.6 Å². The number of anilines is 2. The summed E-state index contributed by atoms with van der Waals surface area (Å²) in [5.74, 6) is 0.567. The van der Waals surface area contributed by atoms with E-state index in [1.54, 1.807) is 13.1 Å². The molecule has 0 fully saturated rings. The predicted molar refractivity (Wildman–Crippen MR) is 53.7 cm³/mol. The van der Waals surface area contributed by atoms with Gasteiger partial charge in [0.25, 0.3) is 0 Å². The van der Waals surface area contributed by atoms with Crippen LogP contribution in [0.25, 0.3) is 0 Å². The Hall–Kier alpha value is -1.00. The third-order valence-corrected chi connectivity index (χ3v) is 1.74. The molecule has 0 saturated heterocycles. The fourth-order valence-corrected chi connectivity index (χ4v) is 1.23. The molecule has 0 saturated carbocycles. The number of halogens is 1. The molecular formula is C8H12ClN3O. The van der Waals surface area contributed by atoms with Gasteiger partial charge >= 0.3 is 0 Å². The summed E-state index contributed by atoms with van der Waals surface area (Å²) in [4.78, 5) is 9.23. The summed E-state index contributed by atoms with van der Waals surface area (Å²) in [7, 11) is 1.74. The molecule has 0 atom stereocenters. The van der Waals surface area contributed by atoms with Gasteiger partial charge in [0.05, 0.1) is 23.5 Å². The topological polar surface area (TPSA) is 51.4 Å². The second kappa shape index (κ2) is 4.30. The highest BCUT2D eigenvalue weighted by Crippen LogP contribution is 2.23. The first-order valence-electron chi connectivity index (χ1n) is 3.92. The Labute approximate surface area is 82.2 Å². The summed E-state index contributed by atoms with van der Waals surface area (Å²) in [5, 5.41) is 2.00. The second-order valence-electron chi connectivity index (χ2n) is 2.49. The van der Waals surface area contributed by atoms with Crippen LogP contribution in [0.1, 0.15) is 6.92 Å². The molecule has 0 radical (unpaired) electrons. The van der Waals surface area contributed by atoms with E-state index in [9.17, 15) is 0 Å². The Morgan fingerprint density at radius 1 is 1.69 bits per heavy atom. The van der Waals surface area contributed by atoms with Crippen LogP contribution in [-0.2, 0) is 4.84 Å². The maximum absolute atomic E-state index is 5.90. The molecule has 1 rings (SSSR count). The van der Waals surface area contributed by atoms with E-state index in [1.165, 1.54) is 11.3 Å². The lowest BCUT2D eigenvalue weighted by Gasteiger charge is -2.17. The lowest BCUT2D eigenvalue weighted by molar-refractivity contribution is 0.133. The Morgan fingerprint density at radius 2 is 2.38 bits per heavy atom. The van der Waals surface area contributed by atoms with Crippen LogP contribution in [0.15, 0.2) is 12.3 Å². The molecule has 0 aliphatic rings. The first-order valence-corrected chi connectivity index (χ1v) is 4.30. The van der Waals surface area contributed by atoms with Crippen LogP contribution in [0.5, 0.6) is 0 Å². The lowest BCUT2D eigenvalue weighted by Crippen LogP contribution is -2.19. The molecule has 72 valence electrons. The van der Waals surface area contributed by atoms with Crippen LogP contribution >= 0.6 is 11.6 Å². The van der Waals surface area contributed by atoms with Gasteiger partial charge in [0.1, 0.15) is 0 Å². The standard InChI is InChI=1S/C8H12ClN3O/c1-3-13-12(2)8-7(9)4-6(10)5-11-8/h4-5H,3,10H2,1-2H3. The second-order valence-corrected chi connectivity index (χ2v) is 2.90. The number of hydrogen-bond acceptors (Lipinski definition) is 4. The molecule has 0 bridgehead atoms. The molecule has 1 aromatic heterocycles. The van der Waals surface area contributed by atoms with Gasteiger partial charge in [-0.3, -0.25) is 4.84 Å². The SMILES string of the molecule is CCON(C)c1ncc(N)cc1Cl. The highest BCUT2D eigenvalue weighted by Gasteiger charge is 2.07. The van der Waals surface area contributed by atoms with Crippen molar-refractivity contribution in [3.8, 4) is 0 Å². The molecule has 0 aromatic carbocycles. The molecule has 0 spiro atoms. The Bertz CT molecular complexity index is 293. The third kappa shape index (κ3) is 2.47. The van der Waals surface area contributed by atoms with Crippen molar-refractivity contribution in [3.63, 3.8) is 0 Å². The molecule has 0 amide bonds. The van der Waals surface area contributed by atoms with Crippen LogP contribution < -0.4 is 10.8 Å². The summed E-state index contributed by atoms with van der Waals surface area (Å²) >= 11 is 5.90. The molecule has 0 unspecified atom stereocenters. The normalized spacial score (nSPS) is 10.1. The number of hydrogen-bond donors (Lipinski definition) is 1. The van der Waals surface area contributed by atoms with Crippen molar-refractivity contribution in [2.75, 3.05) is 24.5 Å². The van der Waals surface area contributed by atoms with Gasteiger partial charge in [0.2, 0.25) is 0 Å². The van der Waals surface area contributed by atoms with Crippen molar-refractivity contribution in [3.05, 3.63) is 17.3 Å². The van der Waals surface area contributed by atoms with Gasteiger partial charge in [0.15, 0.2) is 5.82 Å². The highest BCUT2D eigenvalue weighted by atomic mass is 35.5. The van der Waals surface area contributed by atoms with Gasteiger partial charge in [-0.25, -0.2) is 10.0 Å². The summed E-state index contributed by atoms with van der Waals surface area (Å²) in [6.07, 6.45) is 1.54. The highest BCUT2D eigenvalue weighted by molar-refractivity contribution is 6.33. The van der Waals surface area contributed by atoms with E-state index in [1.807, 2.05) is 6.92 Å². The molecule has 0 aliphatic carbocycles. The van der Waals surface area contributed by atoms with Crippen molar-refractivity contribution in [1.29, 1.82) is 0 Å². The third-order valence-electron chi connectivity index (χ3n) is 1.46. The zero-order chi connectivity index (χ0) is 9.84. The van der Waals surface area contributed by atoms with Gasteiger partial charge in [-0.05, 0) is 13.0 Å². The minimum atomic E-state index is 0.482. The molecule has 13 heavy (non-hydrogen) atoms. The van der Waals surface area contributed by atoms with Crippen molar-refractivity contribution in [2.24, 2.45) is 0 Å². The van der Waals surface area contributed by atoms with E-state index in [-0.39, 0.29) is 0 Å². The van der Waals surface area contributed by atoms with Crippen LogP contribution in [0.2, 0.25) is 5.02 Å². The zero-order valence-corrected chi connectivity index (χ0v) is 8.38. The van der Waals surface area contributed by atoms with Crippen molar-refractivity contribution in [1.82, 2.24) is 4.98 Å². The maximum Gasteiger partial charge on any atom is 0.171 e. The number of rotatable bonds is 3. The predicted octanol–water partition coefficient (Wildman–Crippen LogP) is 1.70. The number of hydroxylamine groups is 1. The first kappa shape index (κ1) is 10.1. The summed E-state index contributed by atoms with van der Waals surface area (Å²) in [5.41, 5.74) is 6.04. The largest absolute Gasteiger partial charge is 0.397 e. The van der Waals surface area contributed by atoms with E-state index in [0.29, 0.717) is 23.1 Å². The van der Waals surface area contributed by atoms with Gasteiger partial charge in [-0.15, -0.1) is 0 Å². The number of nitrogens with two attached hydrogens (primary N) is 1. The molecule has 4 nitrogen and oxygen atoms in total. The summed E-state index contributed by atoms with van der Waals surface area (Å²) < 4.78 is 0. The Kier molecular flexibility index (Phi) is 3.33. The van der Waals surface area contributed by atoms with Gasteiger partial charge in [-0.1, -0.05) is 11.6 Å². The van der Waals surface area contributed by atoms with Crippen LogP contribution in [0.3, 0.4) is 0 Å². The fourth-order valence-electron chi connectivity index (χ4n) is 0.932. The molecule has 1 aromatic rings. The molecule has 2 N–H and O–H groups in total. The van der Waals surface area contributed by atoms with Gasteiger partial charge in [0, 0.05) is 7.05 Å². The Balaban J connectivity index is 2.88. The monoisotopic (exact) mass is 201 g/mol. The number of pyridine rings is 1. The lowest BCUT2D eigenvalue weighted by atomic mass is 10.4. The first-order chi connectivity index (χ1) is 6.15. The van der Waals surface area contributed by atoms with Crippen molar-refractivity contribution < 1.29 is 4.84 Å². The average Bonchev–Trinajstić information content (AvgIpc) is 2.04. The van der Waals surface area contributed by atoms with Crippen LogP contribution in [0.4, 0.5) is 11.5 Å². The summed E-state index contributed by atoms with van der Waals surface area (Å²) in [6, 6.07) is 1.64. The van der Waals surface area contributed by atoms with Gasteiger partial charge < -0.3 is 5.73 Å². The minimum Gasteiger partial charge on any atom is -0.397 e. The molecule has 1 heterocycles. The van der Waals surface area contributed by atoms with Crippen molar-refractivity contribution in [2.45, 2.75) is 6.92 Å². The van der Waals surface area contributed by atoms with Crippen molar-refractivity contribution >= 4 is 23.1 Å². The molecule has 0 aliphatic heterocycles. The molecular weight excluding hydrogens is 190 g/mol. The average molecular weight is 202 g/mol. The number of nitrogens with zero attached hydrogens (tertiary/aromatic N) is 2. The quantitative estimate of drug-likeness (QED) is 0.757. The van der Waals surface area contributed by atoms with Gasteiger partial charge in [-0.2, -0.15) is 0 Å². The number of nitrogen functional groups attached to an aromatic ring is 1. The zero-order valence-electron chi connectivity index (χ0n) is 7.62. The molecule has 5 heteroatoms. The summed E-state index contributed by atoms with van der Waals surface area (Å²) in [6.45, 7) is 2.46. The van der Waals surface area contributed by atoms with E-state index in [4.69, 9.17) is 22.2 Å². The maximum atomic E-state index is 5.90. The van der Waals surface area contributed by atoms with E-state index < -0.39 is 0 Å². The number of aromatic nitrogens is 1. The minimum absolute atomic E-state index is 0.482.